The van der Waals surface area contributed by atoms with Crippen molar-refractivity contribution in [3.8, 4) is 0 Å². The first-order chi connectivity index (χ1) is 15.4. The van der Waals surface area contributed by atoms with Crippen molar-refractivity contribution < 1.29 is 9.59 Å². The van der Waals surface area contributed by atoms with Crippen LogP contribution in [0.25, 0.3) is 10.9 Å². The number of piperidine rings is 1. The fourth-order valence-electron chi connectivity index (χ4n) is 5.52. The third kappa shape index (κ3) is 3.83. The third-order valence-corrected chi connectivity index (χ3v) is 7.98. The molecule has 5 rings (SSSR count). The maximum absolute atomic E-state index is 13.3. The van der Waals surface area contributed by atoms with Gasteiger partial charge in [0.25, 0.3) is 5.91 Å². The van der Waals surface area contributed by atoms with Gasteiger partial charge in [0, 0.05) is 74.9 Å². The zero-order valence-electron chi connectivity index (χ0n) is 19.8. The second-order valence-corrected chi connectivity index (χ2v) is 10.3. The number of benzene rings is 1. The molecule has 1 saturated carbocycles. The van der Waals surface area contributed by atoms with Gasteiger partial charge in [0.15, 0.2) is 0 Å². The Hall–Kier alpha value is -2.34. The summed E-state index contributed by atoms with van der Waals surface area (Å²) in [6.45, 7) is 6.32. The predicted octanol–water partition coefficient (Wildman–Crippen LogP) is 3.51. The maximum atomic E-state index is 13.3. The van der Waals surface area contributed by atoms with Crippen LogP contribution in [0.5, 0.6) is 0 Å². The number of nitrogens with zero attached hydrogens (tertiary/aromatic N) is 4. The van der Waals surface area contributed by atoms with Crippen molar-refractivity contribution in [2.45, 2.75) is 64.6 Å². The van der Waals surface area contributed by atoms with Crippen LogP contribution in [0.4, 0.5) is 0 Å². The van der Waals surface area contributed by atoms with Crippen LogP contribution in [0, 0.1) is 5.92 Å². The Kier molecular flexibility index (Phi) is 5.74. The van der Waals surface area contributed by atoms with E-state index in [4.69, 9.17) is 0 Å². The standard InChI is InChI=1S/C26H36N4O2/c1-18-9-12-28(13-10-18)26(32)19-7-8-23-21(15-19)22-16-29(20-5-4-6-20)14-11-24(22)30(23)17-25(31)27(2)3/h7-8,15,18,20H,4-6,9-14,16-17H2,1-3H3. The van der Waals surface area contributed by atoms with Crippen LogP contribution in [0.1, 0.15) is 60.6 Å². The minimum Gasteiger partial charge on any atom is -0.347 e. The molecule has 1 saturated heterocycles. The molecule has 2 fully saturated rings. The van der Waals surface area contributed by atoms with Gasteiger partial charge in [-0.15, -0.1) is 0 Å². The highest BCUT2D eigenvalue weighted by Crippen LogP contribution is 2.36. The summed E-state index contributed by atoms with van der Waals surface area (Å²) in [5, 5.41) is 1.16. The Bertz CT molecular complexity index is 1030. The van der Waals surface area contributed by atoms with E-state index in [-0.39, 0.29) is 11.8 Å². The highest BCUT2D eigenvalue weighted by molar-refractivity contribution is 5.99. The second kappa shape index (κ2) is 8.54. The van der Waals surface area contributed by atoms with Gasteiger partial charge in [0.1, 0.15) is 6.54 Å². The lowest BCUT2D eigenvalue weighted by atomic mass is 9.89. The van der Waals surface area contributed by atoms with Gasteiger partial charge in [-0.05, 0) is 55.4 Å². The summed E-state index contributed by atoms with van der Waals surface area (Å²) in [5.74, 6) is 0.958. The lowest BCUT2D eigenvalue weighted by molar-refractivity contribution is -0.129. The summed E-state index contributed by atoms with van der Waals surface area (Å²) >= 11 is 0. The molecule has 0 spiro atoms. The molecule has 2 aliphatic heterocycles. The van der Waals surface area contributed by atoms with Crippen molar-refractivity contribution in [3.05, 3.63) is 35.0 Å². The van der Waals surface area contributed by atoms with Gasteiger partial charge >= 0.3 is 0 Å². The third-order valence-electron chi connectivity index (χ3n) is 7.98. The Morgan fingerprint density at radius 2 is 1.81 bits per heavy atom. The first kappa shape index (κ1) is 21.5. The van der Waals surface area contributed by atoms with Crippen molar-refractivity contribution in [2.24, 2.45) is 5.92 Å². The number of fused-ring (bicyclic) bond motifs is 3. The fourth-order valence-corrected chi connectivity index (χ4v) is 5.52. The number of rotatable bonds is 4. The molecule has 1 aromatic carbocycles. The predicted molar refractivity (Wildman–Crippen MR) is 127 cm³/mol. The Morgan fingerprint density at radius 1 is 1.06 bits per heavy atom. The molecule has 3 aliphatic rings. The summed E-state index contributed by atoms with van der Waals surface area (Å²) < 4.78 is 2.21. The minimum absolute atomic E-state index is 0.105. The van der Waals surface area contributed by atoms with Crippen LogP contribution >= 0.6 is 0 Å². The molecule has 2 aromatic rings. The largest absolute Gasteiger partial charge is 0.347 e. The van der Waals surface area contributed by atoms with E-state index >= 15 is 0 Å². The molecule has 32 heavy (non-hydrogen) atoms. The molecular formula is C26H36N4O2. The molecule has 0 radical (unpaired) electrons. The summed E-state index contributed by atoms with van der Waals surface area (Å²) in [6, 6.07) is 6.85. The number of carbonyl (C=O) groups excluding carboxylic acids is 2. The van der Waals surface area contributed by atoms with Crippen LogP contribution in [0.3, 0.4) is 0 Å². The summed E-state index contributed by atoms with van der Waals surface area (Å²) in [4.78, 5) is 32.2. The van der Waals surface area contributed by atoms with Gasteiger partial charge in [0.05, 0.1) is 0 Å². The zero-order valence-corrected chi connectivity index (χ0v) is 19.8. The zero-order chi connectivity index (χ0) is 22.4. The van der Waals surface area contributed by atoms with Crippen LogP contribution in [0.15, 0.2) is 18.2 Å². The lowest BCUT2D eigenvalue weighted by Crippen LogP contribution is -2.43. The monoisotopic (exact) mass is 436 g/mol. The Balaban J connectivity index is 1.52. The van der Waals surface area contributed by atoms with Gasteiger partial charge in [-0.3, -0.25) is 14.5 Å². The topological polar surface area (TPSA) is 48.8 Å². The number of hydrogen-bond donors (Lipinski definition) is 0. The van der Waals surface area contributed by atoms with Crippen molar-refractivity contribution in [3.63, 3.8) is 0 Å². The molecule has 1 aromatic heterocycles. The van der Waals surface area contributed by atoms with Gasteiger partial charge < -0.3 is 14.4 Å². The average molecular weight is 437 g/mol. The first-order valence-corrected chi connectivity index (χ1v) is 12.3. The van der Waals surface area contributed by atoms with E-state index in [0.29, 0.717) is 18.5 Å². The molecule has 6 heteroatoms. The number of likely N-dealkylation sites (tertiary alicyclic amines) is 1. The normalized spacial score (nSPS) is 20.3. The molecule has 0 bridgehead atoms. The fraction of sp³-hybridized carbons (Fsp3) is 0.615. The smallest absolute Gasteiger partial charge is 0.253 e. The number of carbonyl (C=O) groups is 2. The van der Waals surface area contributed by atoms with Crippen LogP contribution in [0.2, 0.25) is 0 Å². The van der Waals surface area contributed by atoms with E-state index in [0.717, 1.165) is 61.9 Å². The minimum atomic E-state index is 0.105. The van der Waals surface area contributed by atoms with Crippen LogP contribution in [-0.4, -0.2) is 70.9 Å². The molecule has 3 heterocycles. The van der Waals surface area contributed by atoms with E-state index in [1.165, 1.54) is 30.5 Å². The van der Waals surface area contributed by atoms with Gasteiger partial charge in [-0.25, -0.2) is 0 Å². The molecule has 0 atom stereocenters. The quantitative estimate of drug-likeness (QED) is 0.737. The number of likely N-dealkylation sites (N-methyl/N-ethyl adjacent to an activating group) is 1. The van der Waals surface area contributed by atoms with E-state index in [2.05, 4.69) is 28.5 Å². The Morgan fingerprint density at radius 3 is 2.47 bits per heavy atom. The first-order valence-electron chi connectivity index (χ1n) is 12.3. The molecular weight excluding hydrogens is 400 g/mol. The number of hydrogen-bond acceptors (Lipinski definition) is 3. The van der Waals surface area contributed by atoms with Crippen LogP contribution < -0.4 is 0 Å². The lowest BCUT2D eigenvalue weighted by Gasteiger charge is -2.40. The number of amides is 2. The maximum Gasteiger partial charge on any atom is 0.253 e. The molecule has 172 valence electrons. The van der Waals surface area contributed by atoms with E-state index < -0.39 is 0 Å². The van der Waals surface area contributed by atoms with Crippen molar-refractivity contribution in [1.29, 1.82) is 0 Å². The highest BCUT2D eigenvalue weighted by atomic mass is 16.2. The summed E-state index contributed by atoms with van der Waals surface area (Å²) in [6.07, 6.45) is 7.06. The molecule has 6 nitrogen and oxygen atoms in total. The number of aromatic nitrogens is 1. The van der Waals surface area contributed by atoms with Gasteiger partial charge in [-0.1, -0.05) is 13.3 Å². The molecule has 2 amide bonds. The molecule has 0 unspecified atom stereocenters. The summed E-state index contributed by atoms with van der Waals surface area (Å²) in [5.41, 5.74) is 4.48. The molecule has 0 N–H and O–H groups in total. The van der Waals surface area contributed by atoms with Crippen LogP contribution in [-0.2, 0) is 24.3 Å². The van der Waals surface area contributed by atoms with Gasteiger partial charge in [0.2, 0.25) is 5.91 Å². The van der Waals surface area contributed by atoms with E-state index in [9.17, 15) is 9.59 Å². The van der Waals surface area contributed by atoms with Gasteiger partial charge in [-0.2, -0.15) is 0 Å². The molecule has 1 aliphatic carbocycles. The second-order valence-electron chi connectivity index (χ2n) is 10.3. The van der Waals surface area contributed by atoms with Crippen molar-refractivity contribution >= 4 is 22.7 Å². The van der Waals surface area contributed by atoms with E-state index in [1.54, 1.807) is 4.90 Å². The average Bonchev–Trinajstić information content (AvgIpc) is 3.05. The van der Waals surface area contributed by atoms with E-state index in [1.807, 2.05) is 25.1 Å². The van der Waals surface area contributed by atoms with Crippen molar-refractivity contribution in [1.82, 2.24) is 19.3 Å². The SMILES string of the molecule is CC1CCN(C(=O)c2ccc3c(c2)c2c(n3CC(=O)N(C)C)CCN(C3CCC3)C2)CC1. The Labute approximate surface area is 191 Å². The highest BCUT2D eigenvalue weighted by Gasteiger charge is 2.32. The van der Waals surface area contributed by atoms with Crippen molar-refractivity contribution in [2.75, 3.05) is 33.7 Å². The summed E-state index contributed by atoms with van der Waals surface area (Å²) in [7, 11) is 3.63.